The van der Waals surface area contributed by atoms with E-state index >= 15 is 0 Å². The molecule has 0 aliphatic rings. The predicted octanol–water partition coefficient (Wildman–Crippen LogP) is 9.91. The van der Waals surface area contributed by atoms with Gasteiger partial charge in [-0.3, -0.25) is 9.59 Å². The van der Waals surface area contributed by atoms with E-state index in [4.69, 9.17) is 8.83 Å². The number of fused-ring (bicyclic) bond motifs is 7. The summed E-state index contributed by atoms with van der Waals surface area (Å²) in [6, 6.07) is 39.1. The molecule has 43 heavy (non-hydrogen) atoms. The van der Waals surface area contributed by atoms with Gasteiger partial charge in [0.25, 0.3) is 0 Å². The number of hydrogen-bond donors (Lipinski definition) is 0. The van der Waals surface area contributed by atoms with Crippen LogP contribution in [0.4, 0.5) is 0 Å². The van der Waals surface area contributed by atoms with Crippen molar-refractivity contribution < 1.29 is 8.83 Å². The van der Waals surface area contributed by atoms with E-state index in [1.165, 1.54) is 0 Å². The first kappa shape index (κ1) is 24.1. The van der Waals surface area contributed by atoms with E-state index in [0.29, 0.717) is 43.9 Å². The Balaban J connectivity index is 1.26. The van der Waals surface area contributed by atoms with Crippen molar-refractivity contribution >= 4 is 75.4 Å². The lowest BCUT2D eigenvalue weighted by molar-refractivity contribution is 0.659. The van der Waals surface area contributed by atoms with Gasteiger partial charge in [-0.2, -0.15) is 0 Å². The molecule has 0 bridgehead atoms. The van der Waals surface area contributed by atoms with Crippen LogP contribution in [0.15, 0.2) is 140 Å². The Labute approximate surface area is 247 Å². The van der Waals surface area contributed by atoms with Crippen molar-refractivity contribution in [3.05, 3.63) is 142 Å². The summed E-state index contributed by atoms with van der Waals surface area (Å²) >= 11 is 1.73. The standard InChI is InChI=1S/C38H20O4S/c39-35-27-7-1-3-13-31(27)41-33-17-15-21(19-29(33)35)23-9-5-11-25-26-12-6-10-24(38(26)43-37(23)25)22-16-18-34-30(20-22)36(40)28-8-2-4-14-32(28)42-34/h1-20H. The molecule has 0 spiro atoms. The Morgan fingerprint density at radius 1 is 0.395 bits per heavy atom. The molecule has 202 valence electrons. The van der Waals surface area contributed by atoms with E-state index < -0.39 is 0 Å². The van der Waals surface area contributed by atoms with E-state index in [9.17, 15) is 9.59 Å². The molecular weight excluding hydrogens is 552 g/mol. The third-order valence-electron chi connectivity index (χ3n) is 8.30. The van der Waals surface area contributed by atoms with Gasteiger partial charge in [0.1, 0.15) is 22.3 Å². The summed E-state index contributed by atoms with van der Waals surface area (Å²) in [5, 5.41) is 4.59. The molecule has 9 aromatic rings. The summed E-state index contributed by atoms with van der Waals surface area (Å²) < 4.78 is 14.4. The van der Waals surface area contributed by atoms with Crippen LogP contribution in [0.5, 0.6) is 0 Å². The molecule has 0 saturated heterocycles. The summed E-state index contributed by atoms with van der Waals surface area (Å²) in [5.41, 5.74) is 6.32. The van der Waals surface area contributed by atoms with Gasteiger partial charge in [-0.25, -0.2) is 0 Å². The number of para-hydroxylation sites is 2. The lowest BCUT2D eigenvalue weighted by Gasteiger charge is -2.06. The molecule has 9 rings (SSSR count). The Kier molecular flexibility index (Phi) is 5.04. The minimum absolute atomic E-state index is 0.0296. The highest BCUT2D eigenvalue weighted by Crippen LogP contribution is 2.44. The van der Waals surface area contributed by atoms with Crippen molar-refractivity contribution in [2.24, 2.45) is 0 Å². The Morgan fingerprint density at radius 3 is 1.30 bits per heavy atom. The monoisotopic (exact) mass is 572 g/mol. The van der Waals surface area contributed by atoms with Gasteiger partial charge in [-0.05, 0) is 70.8 Å². The summed E-state index contributed by atoms with van der Waals surface area (Å²) in [6.07, 6.45) is 0. The minimum atomic E-state index is -0.0296. The van der Waals surface area contributed by atoms with Gasteiger partial charge in [0.2, 0.25) is 10.9 Å². The summed E-state index contributed by atoms with van der Waals surface area (Å²) in [5.74, 6) is 0. The zero-order chi connectivity index (χ0) is 28.7. The van der Waals surface area contributed by atoms with Crippen LogP contribution in [-0.2, 0) is 0 Å². The quantitative estimate of drug-likeness (QED) is 0.193. The lowest BCUT2D eigenvalue weighted by atomic mass is 9.98. The smallest absolute Gasteiger partial charge is 0.200 e. The number of benzene rings is 6. The van der Waals surface area contributed by atoms with E-state index in [2.05, 4.69) is 36.4 Å². The van der Waals surface area contributed by atoms with Crippen LogP contribution in [0, 0.1) is 0 Å². The fraction of sp³-hybridized carbons (Fsp3) is 0. The molecule has 0 amide bonds. The van der Waals surface area contributed by atoms with Crippen LogP contribution in [0.1, 0.15) is 0 Å². The average Bonchev–Trinajstić information content (AvgIpc) is 3.44. The highest BCUT2D eigenvalue weighted by Gasteiger charge is 2.16. The number of hydrogen-bond acceptors (Lipinski definition) is 5. The van der Waals surface area contributed by atoms with Crippen molar-refractivity contribution in [1.29, 1.82) is 0 Å². The summed E-state index contributed by atoms with van der Waals surface area (Å²) in [7, 11) is 0. The first-order valence-corrected chi connectivity index (χ1v) is 14.8. The van der Waals surface area contributed by atoms with Gasteiger partial charge in [-0.15, -0.1) is 11.3 Å². The Morgan fingerprint density at radius 2 is 0.814 bits per heavy atom. The van der Waals surface area contributed by atoms with Crippen molar-refractivity contribution in [3.8, 4) is 22.3 Å². The molecule has 0 fully saturated rings. The highest BCUT2D eigenvalue weighted by atomic mass is 32.1. The van der Waals surface area contributed by atoms with Crippen LogP contribution >= 0.6 is 11.3 Å². The molecule has 0 aliphatic carbocycles. The minimum Gasteiger partial charge on any atom is -0.456 e. The molecule has 0 unspecified atom stereocenters. The second-order valence-electron chi connectivity index (χ2n) is 10.7. The van der Waals surface area contributed by atoms with Gasteiger partial charge < -0.3 is 8.83 Å². The third-order valence-corrected chi connectivity index (χ3v) is 9.59. The van der Waals surface area contributed by atoms with Crippen molar-refractivity contribution in [3.63, 3.8) is 0 Å². The molecule has 4 nitrogen and oxygen atoms in total. The maximum atomic E-state index is 13.4. The zero-order valence-electron chi connectivity index (χ0n) is 22.6. The number of rotatable bonds is 2. The summed E-state index contributed by atoms with van der Waals surface area (Å²) in [4.78, 5) is 26.8. The van der Waals surface area contributed by atoms with Gasteiger partial charge in [0.15, 0.2) is 0 Å². The SMILES string of the molecule is O=c1c2ccccc2oc2ccc(-c3cccc4c3sc3c(-c5ccc6oc7ccccc7c(=O)c6c5)cccc34)cc12. The maximum absolute atomic E-state index is 13.4. The zero-order valence-corrected chi connectivity index (χ0v) is 23.4. The highest BCUT2D eigenvalue weighted by molar-refractivity contribution is 7.26. The maximum Gasteiger partial charge on any atom is 0.200 e. The average molecular weight is 573 g/mol. The topological polar surface area (TPSA) is 60.4 Å². The molecule has 3 aromatic heterocycles. The van der Waals surface area contributed by atoms with E-state index in [-0.39, 0.29) is 10.9 Å². The molecule has 3 heterocycles. The lowest BCUT2D eigenvalue weighted by Crippen LogP contribution is -2.01. The van der Waals surface area contributed by atoms with Crippen LogP contribution in [0.25, 0.3) is 86.3 Å². The first-order chi connectivity index (χ1) is 21.1. The predicted molar refractivity (Wildman–Crippen MR) is 177 cm³/mol. The van der Waals surface area contributed by atoms with Crippen LogP contribution < -0.4 is 10.9 Å². The molecule has 6 aromatic carbocycles. The molecular formula is C38H20O4S. The van der Waals surface area contributed by atoms with Crippen molar-refractivity contribution in [2.45, 2.75) is 0 Å². The molecule has 0 saturated carbocycles. The Hall–Kier alpha value is -5.52. The van der Waals surface area contributed by atoms with E-state index in [1.54, 1.807) is 23.5 Å². The van der Waals surface area contributed by atoms with Gasteiger partial charge in [0, 0.05) is 20.2 Å². The summed E-state index contributed by atoms with van der Waals surface area (Å²) in [6.45, 7) is 0. The molecule has 0 atom stereocenters. The number of thiophene rings is 1. The van der Waals surface area contributed by atoms with Crippen LogP contribution in [-0.4, -0.2) is 0 Å². The van der Waals surface area contributed by atoms with Gasteiger partial charge in [0.05, 0.1) is 21.5 Å². The van der Waals surface area contributed by atoms with Crippen LogP contribution in [0.2, 0.25) is 0 Å². The largest absolute Gasteiger partial charge is 0.456 e. The second kappa shape index (κ2) is 8.99. The van der Waals surface area contributed by atoms with Crippen molar-refractivity contribution in [2.75, 3.05) is 0 Å². The van der Waals surface area contributed by atoms with E-state index in [1.807, 2.05) is 72.8 Å². The molecule has 0 aliphatic heterocycles. The van der Waals surface area contributed by atoms with Crippen molar-refractivity contribution in [1.82, 2.24) is 0 Å². The van der Waals surface area contributed by atoms with Gasteiger partial charge in [-0.1, -0.05) is 72.8 Å². The second-order valence-corrected chi connectivity index (χ2v) is 11.8. The van der Waals surface area contributed by atoms with E-state index in [0.717, 1.165) is 42.4 Å². The van der Waals surface area contributed by atoms with Gasteiger partial charge >= 0.3 is 0 Å². The van der Waals surface area contributed by atoms with Crippen LogP contribution in [0.3, 0.4) is 0 Å². The fourth-order valence-corrected chi connectivity index (χ4v) is 7.59. The normalized spacial score (nSPS) is 11.9. The first-order valence-electron chi connectivity index (χ1n) is 14.0. The molecule has 5 heteroatoms. The fourth-order valence-electron chi connectivity index (χ4n) is 6.22. The third kappa shape index (κ3) is 3.55. The Bertz CT molecular complexity index is 2540. The molecule has 0 N–H and O–H groups in total. The molecule has 0 radical (unpaired) electrons.